The molecule has 7 nitrogen and oxygen atoms in total. The largest absolute Gasteiger partial charge is 1.00 e. The smallest absolute Gasteiger partial charge is 0.397 e. The van der Waals surface area contributed by atoms with Crippen molar-refractivity contribution in [2.75, 3.05) is 18.0 Å². The van der Waals surface area contributed by atoms with Gasteiger partial charge in [-0.2, -0.15) is 0 Å². The molecule has 1 aromatic heterocycles. The third-order valence-electron chi connectivity index (χ3n) is 4.87. The summed E-state index contributed by atoms with van der Waals surface area (Å²) in [4.78, 5) is 9.16. The van der Waals surface area contributed by atoms with Gasteiger partial charge in [-0.05, 0) is 11.1 Å². The molecule has 2 unspecified atom stereocenters. The number of aliphatic hydroxyl groups is 1. The number of anilines is 1. The van der Waals surface area contributed by atoms with Gasteiger partial charge in [-0.25, -0.2) is 9.47 Å². The van der Waals surface area contributed by atoms with Crippen LogP contribution in [0, 0.1) is 0 Å². The lowest BCUT2D eigenvalue weighted by atomic mass is 9.89. The molecule has 8 heteroatoms. The zero-order valence-electron chi connectivity index (χ0n) is 15.0. The number of rotatable bonds is 5. The number of azide groups is 1. The summed E-state index contributed by atoms with van der Waals surface area (Å²) in [7, 11) is 0. The zero-order valence-corrected chi connectivity index (χ0v) is 16.6. The normalized spacial score (nSPS) is 20.0. The highest BCUT2D eigenvalue weighted by atomic mass is 79.9. The summed E-state index contributed by atoms with van der Waals surface area (Å²) < 4.78 is 1.97. The van der Waals surface area contributed by atoms with Gasteiger partial charge in [0.15, 0.2) is 6.04 Å². The molecule has 0 spiro atoms. The van der Waals surface area contributed by atoms with Gasteiger partial charge in [-0.1, -0.05) is 70.8 Å². The first kappa shape index (κ1) is 19.8. The first-order valence-electron chi connectivity index (χ1n) is 8.74. The van der Waals surface area contributed by atoms with Crippen LogP contribution >= 0.6 is 0 Å². The number of hydrogen-bond acceptors (Lipinski definition) is 4. The van der Waals surface area contributed by atoms with Crippen molar-refractivity contribution >= 4 is 5.95 Å². The van der Waals surface area contributed by atoms with Gasteiger partial charge < -0.3 is 22.1 Å². The van der Waals surface area contributed by atoms with Gasteiger partial charge in [0, 0.05) is 16.5 Å². The van der Waals surface area contributed by atoms with Crippen molar-refractivity contribution in [2.24, 2.45) is 5.11 Å². The third-order valence-corrected chi connectivity index (χ3v) is 4.87. The second-order valence-corrected chi connectivity index (χ2v) is 6.34. The van der Waals surface area contributed by atoms with Gasteiger partial charge in [-0.15, -0.1) is 0 Å². The van der Waals surface area contributed by atoms with Crippen molar-refractivity contribution in [3.63, 3.8) is 0 Å². The molecule has 1 aliphatic heterocycles. The molecule has 1 N–H and O–H groups in total. The molecule has 0 bridgehead atoms. The summed E-state index contributed by atoms with van der Waals surface area (Å²) in [6.45, 7) is 0.569. The lowest BCUT2D eigenvalue weighted by Gasteiger charge is -2.33. The zero-order chi connectivity index (χ0) is 18.7. The van der Waals surface area contributed by atoms with Crippen molar-refractivity contribution in [2.45, 2.75) is 11.8 Å². The van der Waals surface area contributed by atoms with E-state index in [-0.39, 0.29) is 23.5 Å². The molecule has 0 fully saturated rings. The Morgan fingerprint density at radius 2 is 1.79 bits per heavy atom. The standard InChI is InChI=1S/C20H19N6O.BrH/c21-24-23-13-15-26-19-22-12-7-14-25(19)18(16-8-3-1-4-9-16)20(26,27)17-10-5-2-6-11-17;/h1-12,14,18,27H,13,15H2;1H/q+1;/p-1. The Morgan fingerprint density at radius 1 is 1.11 bits per heavy atom. The van der Waals surface area contributed by atoms with E-state index < -0.39 is 11.8 Å². The van der Waals surface area contributed by atoms with Crippen LogP contribution in [-0.4, -0.2) is 23.2 Å². The molecule has 1 aliphatic rings. The molecule has 0 saturated carbocycles. The van der Waals surface area contributed by atoms with Crippen molar-refractivity contribution in [1.82, 2.24) is 4.98 Å². The number of fused-ring (bicyclic) bond motifs is 1. The average Bonchev–Trinajstić information content (AvgIpc) is 2.99. The van der Waals surface area contributed by atoms with Crippen LogP contribution < -0.4 is 26.4 Å². The molecule has 3 aromatic rings. The minimum atomic E-state index is -1.37. The van der Waals surface area contributed by atoms with Crippen molar-refractivity contribution < 1.29 is 26.7 Å². The molecule has 142 valence electrons. The van der Waals surface area contributed by atoms with Crippen molar-refractivity contribution in [1.29, 1.82) is 0 Å². The van der Waals surface area contributed by atoms with Crippen LogP contribution in [0.2, 0.25) is 0 Å². The van der Waals surface area contributed by atoms with E-state index in [9.17, 15) is 5.11 Å². The van der Waals surface area contributed by atoms with E-state index >= 15 is 0 Å². The highest BCUT2D eigenvalue weighted by molar-refractivity contribution is 5.43. The lowest BCUT2D eigenvalue weighted by Crippen LogP contribution is -3.00. The maximum absolute atomic E-state index is 12.1. The highest BCUT2D eigenvalue weighted by Gasteiger charge is 2.59. The van der Waals surface area contributed by atoms with Gasteiger partial charge in [0.05, 0.1) is 19.3 Å². The molecule has 2 heterocycles. The monoisotopic (exact) mass is 438 g/mol. The number of hydrogen-bond donors (Lipinski definition) is 1. The van der Waals surface area contributed by atoms with Crippen LogP contribution in [0.1, 0.15) is 17.2 Å². The van der Waals surface area contributed by atoms with Crippen LogP contribution in [0.5, 0.6) is 0 Å². The number of aromatic nitrogens is 2. The van der Waals surface area contributed by atoms with Crippen molar-refractivity contribution in [3.8, 4) is 0 Å². The quantitative estimate of drug-likeness (QED) is 0.262. The molecule has 0 saturated heterocycles. The Morgan fingerprint density at radius 3 is 2.46 bits per heavy atom. The summed E-state index contributed by atoms with van der Waals surface area (Å²) in [5.74, 6) is 0.630. The molecule has 4 rings (SSSR count). The van der Waals surface area contributed by atoms with E-state index in [1.807, 2.05) is 82.4 Å². The van der Waals surface area contributed by atoms with E-state index in [2.05, 4.69) is 15.0 Å². The molecule has 2 atom stereocenters. The molecular weight excluding hydrogens is 420 g/mol. The Bertz CT molecular complexity index is 980. The van der Waals surface area contributed by atoms with Crippen molar-refractivity contribution in [3.05, 3.63) is 101 Å². The Kier molecular flexibility index (Phi) is 5.94. The SMILES string of the molecule is [Br-].[N-]=[N+]=NCCN1c2nccc[n+]2C(c2ccccc2)C1(O)c1ccccc1. The second kappa shape index (κ2) is 8.39. The lowest BCUT2D eigenvalue weighted by molar-refractivity contribution is -0.703. The van der Waals surface area contributed by atoms with Crippen LogP contribution in [0.25, 0.3) is 10.4 Å². The maximum Gasteiger partial charge on any atom is 0.397 e. The highest BCUT2D eigenvalue weighted by Crippen LogP contribution is 2.44. The average molecular weight is 439 g/mol. The first-order valence-corrected chi connectivity index (χ1v) is 8.74. The number of nitrogens with zero attached hydrogens (tertiary/aromatic N) is 6. The predicted octanol–water partition coefficient (Wildman–Crippen LogP) is -0.0619. The van der Waals surface area contributed by atoms with E-state index in [0.717, 1.165) is 11.1 Å². The fraction of sp³-hybridized carbons (Fsp3) is 0.200. The minimum Gasteiger partial charge on any atom is -1.00 e. The molecule has 28 heavy (non-hydrogen) atoms. The van der Waals surface area contributed by atoms with Gasteiger partial charge in [0.25, 0.3) is 5.72 Å². The minimum absolute atomic E-state index is 0. The summed E-state index contributed by atoms with van der Waals surface area (Å²) in [5.41, 5.74) is 9.02. The molecular formula is C20H19BrN6O. The van der Waals surface area contributed by atoms with Crippen LogP contribution in [0.15, 0.2) is 84.2 Å². The fourth-order valence-electron chi connectivity index (χ4n) is 3.76. The topological polar surface area (TPSA) is 89.0 Å². The number of halogens is 1. The first-order chi connectivity index (χ1) is 13.3. The third kappa shape index (κ3) is 3.22. The summed E-state index contributed by atoms with van der Waals surface area (Å²) in [6, 6.07) is 20.9. The molecule has 0 aliphatic carbocycles. The van der Waals surface area contributed by atoms with Gasteiger partial charge in [-0.3, -0.25) is 0 Å². The van der Waals surface area contributed by atoms with E-state index in [4.69, 9.17) is 5.53 Å². The molecule has 0 radical (unpaired) electrons. The van der Waals surface area contributed by atoms with E-state index in [1.54, 1.807) is 6.20 Å². The van der Waals surface area contributed by atoms with Gasteiger partial charge >= 0.3 is 5.95 Å². The van der Waals surface area contributed by atoms with Crippen LogP contribution in [0.3, 0.4) is 0 Å². The summed E-state index contributed by atoms with van der Waals surface area (Å²) in [6.07, 6.45) is 3.62. The van der Waals surface area contributed by atoms with Crippen LogP contribution in [0.4, 0.5) is 5.95 Å². The second-order valence-electron chi connectivity index (χ2n) is 6.34. The van der Waals surface area contributed by atoms with Crippen LogP contribution in [-0.2, 0) is 5.72 Å². The summed E-state index contributed by atoms with van der Waals surface area (Å²) in [5, 5.41) is 15.7. The van der Waals surface area contributed by atoms with Gasteiger partial charge in [0.1, 0.15) is 6.20 Å². The Balaban J connectivity index is 0.00000225. The molecule has 0 amide bonds. The fourth-order valence-corrected chi connectivity index (χ4v) is 3.76. The number of benzene rings is 2. The maximum atomic E-state index is 12.1. The van der Waals surface area contributed by atoms with Gasteiger partial charge in [0.2, 0.25) is 0 Å². The predicted molar refractivity (Wildman–Crippen MR) is 101 cm³/mol. The van der Waals surface area contributed by atoms with E-state index in [1.165, 1.54) is 0 Å². The summed E-state index contributed by atoms with van der Waals surface area (Å²) >= 11 is 0. The Hall–Kier alpha value is -2.93. The molecule has 2 aromatic carbocycles. The Labute approximate surface area is 173 Å². The van der Waals surface area contributed by atoms with E-state index in [0.29, 0.717) is 12.5 Å².